The second kappa shape index (κ2) is 6.87. The first-order valence-corrected chi connectivity index (χ1v) is 8.24. The number of esters is 1. The van der Waals surface area contributed by atoms with Gasteiger partial charge in [-0.05, 0) is 31.2 Å². The number of hydrogen-bond donors (Lipinski definition) is 0. The van der Waals surface area contributed by atoms with E-state index in [1.54, 1.807) is 31.2 Å². The van der Waals surface area contributed by atoms with Crippen molar-refractivity contribution in [1.82, 2.24) is 10.2 Å². The van der Waals surface area contributed by atoms with E-state index < -0.39 is 12.1 Å². The van der Waals surface area contributed by atoms with E-state index in [1.165, 1.54) is 0 Å². The van der Waals surface area contributed by atoms with Gasteiger partial charge >= 0.3 is 5.97 Å². The number of aromatic nitrogens is 2. The maximum Gasteiger partial charge on any atom is 0.375 e. The summed E-state index contributed by atoms with van der Waals surface area (Å²) in [5.74, 6) is -0.505. The van der Waals surface area contributed by atoms with Crippen molar-refractivity contribution in [2.45, 2.75) is 13.0 Å². The standard InChI is InChI=1S/C20H14N2O5/c1-12(18-21-22-19(27-18)13-7-3-2-4-8-13)25-20(24)17-11-15(23)14-9-5-6-10-16(14)26-17/h2-12H,1H3/t12-/m0/s1. The summed E-state index contributed by atoms with van der Waals surface area (Å²) >= 11 is 0. The molecule has 0 aliphatic carbocycles. The van der Waals surface area contributed by atoms with Crippen molar-refractivity contribution >= 4 is 16.9 Å². The average Bonchev–Trinajstić information content (AvgIpc) is 3.19. The number of fused-ring (bicyclic) bond motifs is 1. The number of rotatable bonds is 4. The highest BCUT2D eigenvalue weighted by Crippen LogP contribution is 2.23. The van der Waals surface area contributed by atoms with Crippen LogP contribution in [0.4, 0.5) is 0 Å². The van der Waals surface area contributed by atoms with Crippen LogP contribution in [0, 0.1) is 0 Å². The van der Waals surface area contributed by atoms with E-state index in [9.17, 15) is 9.59 Å². The zero-order valence-electron chi connectivity index (χ0n) is 14.3. The lowest BCUT2D eigenvalue weighted by Crippen LogP contribution is -2.12. The SMILES string of the molecule is C[C@H](OC(=O)c1cc(=O)c2ccccc2o1)c1nnc(-c2ccccc2)o1. The summed E-state index contributed by atoms with van der Waals surface area (Å²) in [4.78, 5) is 24.5. The van der Waals surface area contributed by atoms with Gasteiger partial charge in [0.15, 0.2) is 11.5 Å². The fraction of sp³-hybridized carbons (Fsp3) is 0.100. The molecule has 0 bridgehead atoms. The summed E-state index contributed by atoms with van der Waals surface area (Å²) in [5, 5.41) is 8.28. The van der Waals surface area contributed by atoms with Crippen LogP contribution in [0.3, 0.4) is 0 Å². The van der Waals surface area contributed by atoms with E-state index in [0.717, 1.165) is 11.6 Å². The van der Waals surface area contributed by atoms with Crippen LogP contribution in [-0.4, -0.2) is 16.2 Å². The summed E-state index contributed by atoms with van der Waals surface area (Å²) in [6.45, 7) is 1.60. The van der Waals surface area contributed by atoms with Crippen LogP contribution in [0.2, 0.25) is 0 Å². The number of hydrogen-bond acceptors (Lipinski definition) is 7. The van der Waals surface area contributed by atoms with Crippen molar-refractivity contribution in [1.29, 1.82) is 0 Å². The van der Waals surface area contributed by atoms with Gasteiger partial charge in [-0.1, -0.05) is 30.3 Å². The summed E-state index contributed by atoms with van der Waals surface area (Å²) in [6.07, 6.45) is -0.806. The predicted octanol–water partition coefficient (Wildman–Crippen LogP) is 3.76. The first kappa shape index (κ1) is 16.7. The highest BCUT2D eigenvalue weighted by Gasteiger charge is 2.22. The molecule has 0 fully saturated rings. The molecule has 2 aromatic carbocycles. The molecular weight excluding hydrogens is 348 g/mol. The molecule has 0 aliphatic rings. The third kappa shape index (κ3) is 3.35. The highest BCUT2D eigenvalue weighted by molar-refractivity contribution is 5.89. The molecule has 7 nitrogen and oxygen atoms in total. The van der Waals surface area contributed by atoms with Crippen molar-refractivity contribution in [2.75, 3.05) is 0 Å². The fourth-order valence-electron chi connectivity index (χ4n) is 2.57. The first-order chi connectivity index (χ1) is 13.1. The number of carbonyl (C=O) groups is 1. The smallest absolute Gasteiger partial charge is 0.375 e. The quantitative estimate of drug-likeness (QED) is 0.510. The molecule has 134 valence electrons. The summed E-state index contributed by atoms with van der Waals surface area (Å²) < 4.78 is 16.4. The Hall–Kier alpha value is -3.74. The van der Waals surface area contributed by atoms with Gasteiger partial charge in [0.25, 0.3) is 5.89 Å². The predicted molar refractivity (Wildman–Crippen MR) is 96.0 cm³/mol. The minimum Gasteiger partial charge on any atom is -0.449 e. The van der Waals surface area contributed by atoms with Crippen molar-refractivity contribution in [2.24, 2.45) is 0 Å². The van der Waals surface area contributed by atoms with Crippen LogP contribution < -0.4 is 5.43 Å². The lowest BCUT2D eigenvalue weighted by Gasteiger charge is -2.09. The van der Waals surface area contributed by atoms with E-state index in [4.69, 9.17) is 13.6 Å². The van der Waals surface area contributed by atoms with Gasteiger partial charge in [0.05, 0.1) is 5.39 Å². The zero-order valence-corrected chi connectivity index (χ0v) is 14.3. The van der Waals surface area contributed by atoms with Crippen molar-refractivity contribution in [3.05, 3.63) is 82.5 Å². The van der Waals surface area contributed by atoms with Crippen molar-refractivity contribution < 1.29 is 18.4 Å². The van der Waals surface area contributed by atoms with Crippen LogP contribution in [-0.2, 0) is 4.74 Å². The largest absolute Gasteiger partial charge is 0.449 e. The molecule has 7 heteroatoms. The maximum atomic E-state index is 12.4. The molecule has 0 amide bonds. The van der Waals surface area contributed by atoms with E-state index in [0.29, 0.717) is 16.9 Å². The number of carbonyl (C=O) groups excluding carboxylic acids is 1. The number of benzene rings is 2. The Morgan fingerprint density at radius 1 is 1.00 bits per heavy atom. The van der Waals surface area contributed by atoms with E-state index in [1.807, 2.05) is 30.3 Å². The van der Waals surface area contributed by atoms with Crippen LogP contribution in [0.15, 0.2) is 74.3 Å². The zero-order chi connectivity index (χ0) is 18.8. The molecule has 1 atom stereocenters. The Morgan fingerprint density at radius 3 is 2.56 bits per heavy atom. The molecule has 0 saturated heterocycles. The molecule has 2 heterocycles. The second-order valence-electron chi connectivity index (χ2n) is 5.83. The van der Waals surface area contributed by atoms with Gasteiger partial charge in [0.2, 0.25) is 11.7 Å². The highest BCUT2D eigenvalue weighted by atomic mass is 16.6. The van der Waals surface area contributed by atoms with Gasteiger partial charge in [-0.15, -0.1) is 10.2 Å². The third-order valence-corrected chi connectivity index (χ3v) is 3.93. The first-order valence-electron chi connectivity index (χ1n) is 8.24. The maximum absolute atomic E-state index is 12.4. The van der Waals surface area contributed by atoms with Gasteiger partial charge in [0.1, 0.15) is 5.58 Å². The van der Waals surface area contributed by atoms with Crippen LogP contribution in [0.25, 0.3) is 22.4 Å². The molecular formula is C20H14N2O5. The lowest BCUT2D eigenvalue weighted by molar-refractivity contribution is 0.0245. The number of nitrogens with zero attached hydrogens (tertiary/aromatic N) is 2. The van der Waals surface area contributed by atoms with E-state index >= 15 is 0 Å². The van der Waals surface area contributed by atoms with E-state index in [2.05, 4.69) is 10.2 Å². The summed E-state index contributed by atoms with van der Waals surface area (Å²) in [7, 11) is 0. The summed E-state index contributed by atoms with van der Waals surface area (Å²) in [6, 6.07) is 17.0. The Bertz CT molecular complexity index is 1160. The average molecular weight is 362 g/mol. The van der Waals surface area contributed by atoms with Crippen molar-refractivity contribution in [3.63, 3.8) is 0 Å². The fourth-order valence-corrected chi connectivity index (χ4v) is 2.57. The van der Waals surface area contributed by atoms with Crippen LogP contribution in [0.5, 0.6) is 0 Å². The summed E-state index contributed by atoms with van der Waals surface area (Å²) in [5.41, 5.74) is 0.754. The van der Waals surface area contributed by atoms with Crippen molar-refractivity contribution in [3.8, 4) is 11.5 Å². The normalized spacial score (nSPS) is 12.0. The molecule has 4 rings (SSSR count). The number of para-hydroxylation sites is 1. The van der Waals surface area contributed by atoms with E-state index in [-0.39, 0.29) is 17.1 Å². The molecule has 0 aliphatic heterocycles. The Labute approximate surface area is 153 Å². The van der Waals surface area contributed by atoms with Gasteiger partial charge in [-0.2, -0.15) is 0 Å². The van der Waals surface area contributed by atoms with Gasteiger partial charge < -0.3 is 13.6 Å². The third-order valence-electron chi connectivity index (χ3n) is 3.93. The van der Waals surface area contributed by atoms with Gasteiger partial charge in [-0.3, -0.25) is 4.79 Å². The molecule has 0 unspecified atom stereocenters. The van der Waals surface area contributed by atoms with Crippen LogP contribution in [0.1, 0.15) is 29.5 Å². The molecule has 0 N–H and O–H groups in total. The minimum absolute atomic E-state index is 0.144. The molecule has 0 spiro atoms. The minimum atomic E-state index is -0.806. The van der Waals surface area contributed by atoms with Gasteiger partial charge in [-0.25, -0.2) is 4.79 Å². The second-order valence-corrected chi connectivity index (χ2v) is 5.83. The molecule has 27 heavy (non-hydrogen) atoms. The molecule has 2 aromatic heterocycles. The topological polar surface area (TPSA) is 95.4 Å². The lowest BCUT2D eigenvalue weighted by atomic mass is 10.2. The molecule has 0 radical (unpaired) electrons. The van der Waals surface area contributed by atoms with Gasteiger partial charge in [0, 0.05) is 11.6 Å². The molecule has 0 saturated carbocycles. The number of ether oxygens (including phenoxy) is 1. The monoisotopic (exact) mass is 362 g/mol. The Balaban J connectivity index is 1.55. The Morgan fingerprint density at radius 2 is 1.74 bits per heavy atom. The van der Waals surface area contributed by atoms with Crippen LogP contribution >= 0.6 is 0 Å². The molecule has 4 aromatic rings. The Kier molecular flexibility index (Phi) is 4.25.